The van der Waals surface area contributed by atoms with Crippen molar-refractivity contribution in [3.8, 4) is 0 Å². The Bertz CT molecular complexity index is 750. The Kier molecular flexibility index (Phi) is 4.91. The minimum atomic E-state index is -0.917. The zero-order chi connectivity index (χ0) is 17.9. The van der Waals surface area contributed by atoms with Crippen LogP contribution in [0.4, 0.5) is 10.6 Å². The minimum absolute atomic E-state index is 0.163. The third-order valence-electron chi connectivity index (χ3n) is 3.15. The Morgan fingerprint density at radius 3 is 2.71 bits per heavy atom. The Morgan fingerprint density at radius 1 is 1.38 bits per heavy atom. The van der Waals surface area contributed by atoms with Crippen molar-refractivity contribution in [2.75, 3.05) is 12.8 Å². The van der Waals surface area contributed by atoms with Crippen molar-refractivity contribution in [2.45, 2.75) is 38.8 Å². The van der Waals surface area contributed by atoms with E-state index in [-0.39, 0.29) is 6.42 Å². The quantitative estimate of drug-likeness (QED) is 0.797. The molecule has 0 radical (unpaired) electrons. The van der Waals surface area contributed by atoms with Crippen LogP contribution < -0.4 is 11.1 Å². The summed E-state index contributed by atoms with van der Waals surface area (Å²) in [5.74, 6) is -0.260. The average molecular weight is 335 g/mol. The molecular formula is C15H21N5O4. The Hall–Kier alpha value is -2.84. The van der Waals surface area contributed by atoms with Gasteiger partial charge in [-0.05, 0) is 32.9 Å². The first-order valence-corrected chi connectivity index (χ1v) is 7.35. The van der Waals surface area contributed by atoms with Crippen LogP contribution in [0.1, 0.15) is 26.5 Å². The number of carbonyl (C=O) groups excluding carboxylic acids is 2. The van der Waals surface area contributed by atoms with Gasteiger partial charge in [0.15, 0.2) is 5.82 Å². The van der Waals surface area contributed by atoms with Gasteiger partial charge in [0.2, 0.25) is 0 Å². The second-order valence-corrected chi connectivity index (χ2v) is 6.19. The number of nitrogens with two attached hydrogens (primary N) is 1. The van der Waals surface area contributed by atoms with Gasteiger partial charge in [0, 0.05) is 12.1 Å². The van der Waals surface area contributed by atoms with Gasteiger partial charge in [0.05, 0.1) is 7.11 Å². The van der Waals surface area contributed by atoms with Crippen molar-refractivity contribution in [1.82, 2.24) is 19.9 Å². The maximum absolute atomic E-state index is 12.0. The molecule has 3 N–H and O–H groups in total. The number of alkyl carbamates (subject to hydrolysis) is 1. The first-order valence-electron chi connectivity index (χ1n) is 7.35. The number of carbonyl (C=O) groups is 2. The Morgan fingerprint density at radius 2 is 2.08 bits per heavy atom. The van der Waals surface area contributed by atoms with Crippen molar-refractivity contribution in [1.29, 1.82) is 0 Å². The number of nitrogens with zero attached hydrogens (tertiary/aromatic N) is 3. The number of rotatable bonds is 4. The van der Waals surface area contributed by atoms with E-state index >= 15 is 0 Å². The molecule has 130 valence electrons. The molecule has 24 heavy (non-hydrogen) atoms. The number of amides is 1. The lowest BCUT2D eigenvalue weighted by molar-refractivity contribution is -0.143. The van der Waals surface area contributed by atoms with Crippen molar-refractivity contribution in [2.24, 2.45) is 0 Å². The summed E-state index contributed by atoms with van der Waals surface area (Å²) in [4.78, 5) is 27.8. The van der Waals surface area contributed by atoms with Gasteiger partial charge < -0.3 is 20.5 Å². The molecule has 2 aromatic rings. The monoisotopic (exact) mass is 335 g/mol. The van der Waals surface area contributed by atoms with E-state index in [4.69, 9.17) is 15.2 Å². The van der Waals surface area contributed by atoms with Crippen molar-refractivity contribution in [3.05, 3.63) is 24.2 Å². The van der Waals surface area contributed by atoms with E-state index in [1.54, 1.807) is 37.4 Å². The fourth-order valence-electron chi connectivity index (χ4n) is 2.16. The third-order valence-corrected chi connectivity index (χ3v) is 3.15. The normalized spacial score (nSPS) is 12.7. The highest BCUT2D eigenvalue weighted by Gasteiger charge is 2.26. The number of hydrogen-bond donors (Lipinski definition) is 2. The van der Waals surface area contributed by atoms with Crippen LogP contribution in [0.15, 0.2) is 18.5 Å². The number of nitrogens with one attached hydrogen (secondary N) is 1. The molecule has 0 fully saturated rings. The molecule has 0 saturated heterocycles. The molecular weight excluding hydrogens is 314 g/mol. The zero-order valence-corrected chi connectivity index (χ0v) is 14.1. The number of anilines is 1. The van der Waals surface area contributed by atoms with E-state index in [0.29, 0.717) is 17.0 Å². The molecule has 0 aliphatic heterocycles. The lowest BCUT2D eigenvalue weighted by Gasteiger charge is -2.22. The number of methoxy groups -OCH3 is 1. The largest absolute Gasteiger partial charge is 0.467 e. The maximum atomic E-state index is 12.0. The van der Waals surface area contributed by atoms with Gasteiger partial charge in [-0.25, -0.2) is 19.1 Å². The molecule has 2 rings (SSSR count). The average Bonchev–Trinajstić information content (AvgIpc) is 2.88. The van der Waals surface area contributed by atoms with Gasteiger partial charge in [0.25, 0.3) is 0 Å². The van der Waals surface area contributed by atoms with E-state index < -0.39 is 23.7 Å². The summed E-state index contributed by atoms with van der Waals surface area (Å²) >= 11 is 0. The number of esters is 1. The molecule has 0 spiro atoms. The highest BCUT2D eigenvalue weighted by Crippen LogP contribution is 2.15. The minimum Gasteiger partial charge on any atom is -0.467 e. The first-order chi connectivity index (χ1) is 11.2. The molecule has 2 heterocycles. The lowest BCUT2D eigenvalue weighted by Crippen LogP contribution is -2.45. The second kappa shape index (κ2) is 6.73. The molecule has 0 aromatic carbocycles. The SMILES string of the molecule is COC(=O)[C@H](Cc1ccc2c(N)ncnn12)NC(=O)OC(C)(C)C. The van der Waals surface area contributed by atoms with Gasteiger partial charge >= 0.3 is 12.1 Å². The van der Waals surface area contributed by atoms with Gasteiger partial charge in [-0.1, -0.05) is 0 Å². The molecule has 9 nitrogen and oxygen atoms in total. The topological polar surface area (TPSA) is 121 Å². The van der Waals surface area contributed by atoms with Crippen molar-refractivity contribution in [3.63, 3.8) is 0 Å². The predicted molar refractivity (Wildman–Crippen MR) is 86.3 cm³/mol. The van der Waals surface area contributed by atoms with Crippen LogP contribution in [0.25, 0.3) is 5.52 Å². The molecule has 0 unspecified atom stereocenters. The van der Waals surface area contributed by atoms with Gasteiger partial charge in [-0.3, -0.25) is 0 Å². The highest BCUT2D eigenvalue weighted by molar-refractivity contribution is 5.81. The second-order valence-electron chi connectivity index (χ2n) is 6.19. The number of hydrogen-bond acceptors (Lipinski definition) is 7. The summed E-state index contributed by atoms with van der Waals surface area (Å²) in [6.07, 6.45) is 0.782. The zero-order valence-electron chi connectivity index (χ0n) is 14.1. The van der Waals surface area contributed by atoms with E-state index in [1.807, 2.05) is 0 Å². The summed E-state index contributed by atoms with van der Waals surface area (Å²) in [6.45, 7) is 5.21. The number of ether oxygens (including phenoxy) is 2. The van der Waals surface area contributed by atoms with Gasteiger partial charge in [-0.15, -0.1) is 0 Å². The van der Waals surface area contributed by atoms with Crippen LogP contribution in [0.5, 0.6) is 0 Å². The summed E-state index contributed by atoms with van der Waals surface area (Å²) < 4.78 is 11.5. The van der Waals surface area contributed by atoms with Crippen LogP contribution in [-0.2, 0) is 20.7 Å². The molecule has 2 aromatic heterocycles. The molecule has 0 aliphatic rings. The van der Waals surface area contributed by atoms with E-state index in [2.05, 4.69) is 15.4 Å². The Balaban J connectivity index is 2.21. The third kappa shape index (κ3) is 4.12. The molecule has 0 bridgehead atoms. The van der Waals surface area contributed by atoms with Crippen LogP contribution >= 0.6 is 0 Å². The summed E-state index contributed by atoms with van der Waals surface area (Å²) in [5, 5.41) is 6.63. The first kappa shape index (κ1) is 17.5. The molecule has 0 saturated carbocycles. The van der Waals surface area contributed by atoms with Crippen LogP contribution in [-0.4, -0.2) is 45.4 Å². The number of aromatic nitrogens is 3. The van der Waals surface area contributed by atoms with Crippen LogP contribution in [0.2, 0.25) is 0 Å². The number of nitrogen functional groups attached to an aromatic ring is 1. The van der Waals surface area contributed by atoms with E-state index in [1.165, 1.54) is 13.4 Å². The predicted octanol–water partition coefficient (Wildman–Crippen LogP) is 0.920. The smallest absolute Gasteiger partial charge is 0.408 e. The maximum Gasteiger partial charge on any atom is 0.408 e. The number of fused-ring (bicyclic) bond motifs is 1. The van der Waals surface area contributed by atoms with E-state index in [0.717, 1.165) is 0 Å². The van der Waals surface area contributed by atoms with Gasteiger partial charge in [-0.2, -0.15) is 5.10 Å². The lowest BCUT2D eigenvalue weighted by atomic mass is 10.1. The van der Waals surface area contributed by atoms with Crippen LogP contribution in [0, 0.1) is 0 Å². The van der Waals surface area contributed by atoms with E-state index in [9.17, 15) is 9.59 Å². The highest BCUT2D eigenvalue weighted by atomic mass is 16.6. The van der Waals surface area contributed by atoms with Crippen LogP contribution in [0.3, 0.4) is 0 Å². The molecule has 0 aliphatic carbocycles. The van der Waals surface area contributed by atoms with Crippen molar-refractivity contribution >= 4 is 23.4 Å². The Labute approximate surface area is 139 Å². The summed E-state index contributed by atoms with van der Waals surface area (Å²) in [6, 6.07) is 2.58. The fourth-order valence-corrected chi connectivity index (χ4v) is 2.16. The van der Waals surface area contributed by atoms with Crippen molar-refractivity contribution < 1.29 is 19.1 Å². The molecule has 1 atom stereocenters. The summed E-state index contributed by atoms with van der Waals surface area (Å²) in [7, 11) is 1.25. The molecule has 1 amide bonds. The standard InChI is InChI=1S/C15H21N5O4/c1-15(2,3)24-14(22)19-10(13(21)23-4)7-9-5-6-11-12(16)17-8-18-20(9)11/h5-6,8,10H,7H2,1-4H3,(H,19,22)(H2,16,17,18)/t10-/m0/s1. The fraction of sp³-hybridized carbons (Fsp3) is 0.467. The summed E-state index contributed by atoms with van der Waals surface area (Å²) in [5.41, 5.74) is 6.40. The molecule has 9 heteroatoms. The van der Waals surface area contributed by atoms with Gasteiger partial charge in [0.1, 0.15) is 23.5 Å².